The first-order chi connectivity index (χ1) is 12.5. The maximum absolute atomic E-state index is 11.7. The van der Waals surface area contributed by atoms with Crippen molar-refractivity contribution in [3.8, 4) is 0 Å². The zero-order valence-electron chi connectivity index (χ0n) is 15.4. The van der Waals surface area contributed by atoms with Crippen molar-refractivity contribution in [1.29, 1.82) is 0 Å². The molecule has 0 spiro atoms. The largest absolute Gasteiger partial charge is 0.469 e. The summed E-state index contributed by atoms with van der Waals surface area (Å²) < 4.78 is 4.86. The van der Waals surface area contributed by atoms with Gasteiger partial charge in [-0.15, -0.1) is 0 Å². The van der Waals surface area contributed by atoms with Crippen molar-refractivity contribution in [2.45, 2.75) is 32.4 Å². The van der Waals surface area contributed by atoms with Crippen LogP contribution in [0.2, 0.25) is 5.02 Å². The Bertz CT molecular complexity index is 793. The average molecular weight is 373 g/mol. The van der Waals surface area contributed by atoms with Gasteiger partial charge in [-0.2, -0.15) is 0 Å². The summed E-state index contributed by atoms with van der Waals surface area (Å²) in [5.41, 5.74) is 4.54. The smallest absolute Gasteiger partial charge is 0.311 e. The molecular formula is C21H25ClN2O2. The van der Waals surface area contributed by atoms with Gasteiger partial charge in [0.05, 0.1) is 13.0 Å². The number of esters is 1. The third-order valence-electron chi connectivity index (χ3n) is 5.04. The second-order valence-electron chi connectivity index (χ2n) is 6.92. The van der Waals surface area contributed by atoms with Crippen LogP contribution in [0.5, 0.6) is 0 Å². The van der Waals surface area contributed by atoms with E-state index in [0.717, 1.165) is 22.7 Å². The van der Waals surface area contributed by atoms with E-state index in [9.17, 15) is 4.79 Å². The standard InChI is InChI=1S/C21H25ClN2O2/c1-13-9-16(7-8-19(13)22)14(2)24-17-6-4-5-15(10-17)11-20-18(12-23-20)21(25)26-3/h4-10,14,18,20,23-24H,11-12H2,1-3H3. The Morgan fingerprint density at radius 3 is 2.81 bits per heavy atom. The maximum atomic E-state index is 11.7. The van der Waals surface area contributed by atoms with Crippen LogP contribution in [-0.4, -0.2) is 25.7 Å². The molecule has 0 aliphatic carbocycles. The molecule has 3 atom stereocenters. The Balaban J connectivity index is 1.65. The van der Waals surface area contributed by atoms with Crippen molar-refractivity contribution < 1.29 is 9.53 Å². The first-order valence-electron chi connectivity index (χ1n) is 8.90. The fraction of sp³-hybridized carbons (Fsp3) is 0.381. The molecule has 1 saturated heterocycles. The molecule has 1 aliphatic heterocycles. The SMILES string of the molecule is COC(=O)C1CNC1Cc1cccc(NC(C)c2ccc(Cl)c(C)c2)c1. The molecule has 1 fully saturated rings. The van der Waals surface area contributed by atoms with Crippen molar-refractivity contribution >= 4 is 23.3 Å². The highest BCUT2D eigenvalue weighted by Crippen LogP contribution is 2.25. The average Bonchev–Trinajstić information content (AvgIpc) is 2.61. The number of carbonyl (C=O) groups is 1. The van der Waals surface area contributed by atoms with E-state index in [1.165, 1.54) is 18.2 Å². The van der Waals surface area contributed by atoms with Gasteiger partial charge < -0.3 is 15.4 Å². The molecule has 0 saturated carbocycles. The quantitative estimate of drug-likeness (QED) is 0.749. The van der Waals surface area contributed by atoms with E-state index in [2.05, 4.69) is 47.9 Å². The summed E-state index contributed by atoms with van der Waals surface area (Å²) in [5, 5.41) is 7.66. The number of benzene rings is 2. The van der Waals surface area contributed by atoms with E-state index in [1.807, 2.05) is 19.1 Å². The summed E-state index contributed by atoms with van der Waals surface area (Å²) in [6.45, 7) is 4.85. The monoisotopic (exact) mass is 372 g/mol. The van der Waals surface area contributed by atoms with Crippen molar-refractivity contribution in [2.24, 2.45) is 5.92 Å². The van der Waals surface area contributed by atoms with Crippen LogP contribution in [0.25, 0.3) is 0 Å². The van der Waals surface area contributed by atoms with E-state index >= 15 is 0 Å². The number of aryl methyl sites for hydroxylation is 1. The summed E-state index contributed by atoms with van der Waals surface area (Å²) in [5.74, 6) is -0.178. The summed E-state index contributed by atoms with van der Waals surface area (Å²) in [7, 11) is 1.45. The predicted molar refractivity (Wildman–Crippen MR) is 106 cm³/mol. The van der Waals surface area contributed by atoms with Gasteiger partial charge in [0.25, 0.3) is 0 Å². The Morgan fingerprint density at radius 2 is 2.15 bits per heavy atom. The van der Waals surface area contributed by atoms with E-state index in [1.54, 1.807) is 0 Å². The maximum Gasteiger partial charge on any atom is 0.311 e. The van der Waals surface area contributed by atoms with Crippen LogP contribution in [0.1, 0.15) is 29.7 Å². The molecule has 138 valence electrons. The normalized spacial score (nSPS) is 20.2. The van der Waals surface area contributed by atoms with Gasteiger partial charge in [0, 0.05) is 29.3 Å². The lowest BCUT2D eigenvalue weighted by Crippen LogP contribution is -2.57. The van der Waals surface area contributed by atoms with Gasteiger partial charge in [0.1, 0.15) is 0 Å². The molecule has 2 aromatic carbocycles. The molecule has 2 N–H and O–H groups in total. The number of ether oxygens (including phenoxy) is 1. The first kappa shape index (κ1) is 18.7. The Labute approximate surface area is 159 Å². The number of anilines is 1. The van der Waals surface area contributed by atoms with E-state index in [4.69, 9.17) is 16.3 Å². The van der Waals surface area contributed by atoms with Crippen LogP contribution in [0.3, 0.4) is 0 Å². The van der Waals surface area contributed by atoms with Crippen LogP contribution in [0.15, 0.2) is 42.5 Å². The summed E-state index contributed by atoms with van der Waals surface area (Å²) in [6, 6.07) is 14.8. The molecular weight excluding hydrogens is 348 g/mol. The second kappa shape index (κ2) is 8.11. The highest BCUT2D eigenvalue weighted by Gasteiger charge is 2.36. The van der Waals surface area contributed by atoms with Crippen LogP contribution in [-0.2, 0) is 16.0 Å². The number of rotatable bonds is 6. The van der Waals surface area contributed by atoms with E-state index in [0.29, 0.717) is 6.54 Å². The molecule has 26 heavy (non-hydrogen) atoms. The number of nitrogens with one attached hydrogen (secondary N) is 2. The Kier molecular flexibility index (Phi) is 5.84. The molecule has 3 rings (SSSR count). The lowest BCUT2D eigenvalue weighted by Gasteiger charge is -2.36. The lowest BCUT2D eigenvalue weighted by atomic mass is 9.87. The van der Waals surface area contributed by atoms with E-state index in [-0.39, 0.29) is 24.0 Å². The van der Waals surface area contributed by atoms with Gasteiger partial charge in [0.2, 0.25) is 0 Å². The van der Waals surface area contributed by atoms with Gasteiger partial charge in [-0.3, -0.25) is 4.79 Å². The number of methoxy groups -OCH3 is 1. The fourth-order valence-corrected chi connectivity index (χ4v) is 3.45. The van der Waals surface area contributed by atoms with Crippen molar-refractivity contribution in [1.82, 2.24) is 5.32 Å². The molecule has 1 aliphatic rings. The first-order valence-corrected chi connectivity index (χ1v) is 9.28. The van der Waals surface area contributed by atoms with Crippen LogP contribution < -0.4 is 10.6 Å². The molecule has 4 nitrogen and oxygen atoms in total. The van der Waals surface area contributed by atoms with Gasteiger partial charge in [-0.05, 0) is 55.2 Å². The molecule has 0 aromatic heterocycles. The minimum Gasteiger partial charge on any atom is -0.469 e. The van der Waals surface area contributed by atoms with E-state index < -0.39 is 0 Å². The predicted octanol–water partition coefficient (Wildman–Crippen LogP) is 4.13. The lowest BCUT2D eigenvalue weighted by molar-refractivity contribution is -0.149. The minimum absolute atomic E-state index is 0.0485. The Hall–Kier alpha value is -2.04. The zero-order valence-corrected chi connectivity index (χ0v) is 16.1. The summed E-state index contributed by atoms with van der Waals surface area (Å²) in [4.78, 5) is 11.7. The number of hydrogen-bond donors (Lipinski definition) is 2. The van der Waals surface area contributed by atoms with Crippen molar-refractivity contribution in [2.75, 3.05) is 19.0 Å². The van der Waals surface area contributed by atoms with Crippen molar-refractivity contribution in [3.05, 3.63) is 64.2 Å². The molecule has 2 aromatic rings. The topological polar surface area (TPSA) is 50.4 Å². The second-order valence-corrected chi connectivity index (χ2v) is 7.33. The third-order valence-corrected chi connectivity index (χ3v) is 5.46. The molecule has 3 unspecified atom stereocenters. The number of hydrogen-bond acceptors (Lipinski definition) is 4. The van der Waals surface area contributed by atoms with Gasteiger partial charge >= 0.3 is 5.97 Å². The number of carbonyl (C=O) groups excluding carboxylic acids is 1. The van der Waals surface area contributed by atoms with Gasteiger partial charge in [0.15, 0.2) is 0 Å². The Morgan fingerprint density at radius 1 is 1.35 bits per heavy atom. The van der Waals surface area contributed by atoms with Crippen LogP contribution in [0, 0.1) is 12.8 Å². The van der Waals surface area contributed by atoms with Crippen LogP contribution in [0.4, 0.5) is 5.69 Å². The van der Waals surface area contributed by atoms with Crippen LogP contribution >= 0.6 is 11.6 Å². The molecule has 5 heteroatoms. The highest BCUT2D eigenvalue weighted by molar-refractivity contribution is 6.31. The highest BCUT2D eigenvalue weighted by atomic mass is 35.5. The number of halogens is 1. The molecule has 0 bridgehead atoms. The summed E-state index contributed by atoms with van der Waals surface area (Å²) in [6.07, 6.45) is 0.809. The van der Waals surface area contributed by atoms with Gasteiger partial charge in [-0.1, -0.05) is 35.9 Å². The molecule has 0 amide bonds. The van der Waals surface area contributed by atoms with Crippen molar-refractivity contribution in [3.63, 3.8) is 0 Å². The molecule has 1 heterocycles. The minimum atomic E-state index is -0.130. The summed E-state index contributed by atoms with van der Waals surface area (Å²) >= 11 is 6.12. The fourth-order valence-electron chi connectivity index (χ4n) is 3.33. The third kappa shape index (κ3) is 4.19. The zero-order chi connectivity index (χ0) is 18.7. The van der Waals surface area contributed by atoms with Gasteiger partial charge in [-0.25, -0.2) is 0 Å². The molecule has 0 radical (unpaired) electrons.